The normalized spacial score (nSPS) is 12.6. The van der Waals surface area contributed by atoms with Gasteiger partial charge in [0.25, 0.3) is 5.91 Å². The lowest BCUT2D eigenvalue weighted by Gasteiger charge is -2.13. The van der Waals surface area contributed by atoms with Gasteiger partial charge in [-0.2, -0.15) is 5.26 Å². The fourth-order valence-corrected chi connectivity index (χ4v) is 2.55. The van der Waals surface area contributed by atoms with Crippen LogP contribution in [-0.4, -0.2) is 31.6 Å². The molecule has 1 aliphatic rings. The average molecular weight is 344 g/mol. The quantitative estimate of drug-likeness (QED) is 0.834. The van der Waals surface area contributed by atoms with Crippen LogP contribution >= 0.6 is 0 Å². The Morgan fingerprint density at radius 2 is 2.00 bits per heavy atom. The number of anilines is 1. The maximum absolute atomic E-state index is 12.0. The molecule has 2 N–H and O–H groups in total. The first-order valence-corrected chi connectivity index (χ1v) is 8.10. The van der Waals surface area contributed by atoms with E-state index < -0.39 is 0 Å². The summed E-state index contributed by atoms with van der Waals surface area (Å²) in [5.41, 5.74) is 2.50. The van der Waals surface area contributed by atoms with Gasteiger partial charge in [-0.15, -0.1) is 0 Å². The van der Waals surface area contributed by atoms with Crippen LogP contribution in [0.15, 0.2) is 48.5 Å². The third-order valence-electron chi connectivity index (χ3n) is 3.86. The van der Waals surface area contributed by atoms with Crippen molar-refractivity contribution in [1.82, 2.24) is 10.6 Å². The lowest BCUT2D eigenvalue weighted by molar-refractivity contribution is 0.0958. The van der Waals surface area contributed by atoms with E-state index in [2.05, 4.69) is 22.5 Å². The fourth-order valence-electron chi connectivity index (χ4n) is 2.55. The van der Waals surface area contributed by atoms with E-state index in [1.54, 1.807) is 23.1 Å². The largest absolute Gasteiger partial charge is 0.341 e. The minimum atomic E-state index is -0.271. The zero-order valence-corrected chi connectivity index (χ0v) is 14.0. The molecule has 0 radical (unpaired) electrons. The van der Waals surface area contributed by atoms with Crippen LogP contribution in [0.3, 0.4) is 0 Å². The summed E-state index contributed by atoms with van der Waals surface area (Å²) in [5, 5.41) is 14.3. The highest BCUT2D eigenvalue weighted by atomic mass is 16.2. The second kappa shape index (κ2) is 7.87. The lowest BCUT2D eigenvalue weighted by atomic mass is 10.1. The van der Waals surface area contributed by atoms with Crippen LogP contribution in [0.2, 0.25) is 0 Å². The second-order valence-electron chi connectivity index (χ2n) is 5.61. The minimum absolute atomic E-state index is 0.0907. The summed E-state index contributed by atoms with van der Waals surface area (Å²) in [6.45, 7) is 1.51. The van der Waals surface area contributed by atoms with Crippen LogP contribution in [0.1, 0.15) is 21.5 Å². The molecule has 2 aromatic carbocycles. The van der Waals surface area contributed by atoms with E-state index in [4.69, 9.17) is 5.26 Å². The molecule has 1 heterocycles. The predicted octanol–water partition coefficient (Wildman–Crippen LogP) is 1.87. The Bertz CT molecular complexity index is 933. The Balaban J connectivity index is 1.55. The van der Waals surface area contributed by atoms with Gasteiger partial charge in [0.05, 0.1) is 18.2 Å². The van der Waals surface area contributed by atoms with Crippen molar-refractivity contribution < 1.29 is 9.59 Å². The molecule has 1 aliphatic heterocycles. The summed E-state index contributed by atoms with van der Waals surface area (Å²) in [4.78, 5) is 25.3. The Morgan fingerprint density at radius 3 is 2.69 bits per heavy atom. The van der Waals surface area contributed by atoms with Crippen molar-refractivity contribution in [3.63, 3.8) is 0 Å². The van der Waals surface area contributed by atoms with E-state index in [0.717, 1.165) is 11.3 Å². The average Bonchev–Trinajstić information content (AvgIpc) is 3.11. The number of rotatable bonds is 3. The monoisotopic (exact) mass is 344 g/mol. The van der Waals surface area contributed by atoms with Crippen molar-refractivity contribution in [3.05, 3.63) is 65.2 Å². The number of hydrogen-bond donors (Lipinski definition) is 2. The molecule has 128 valence electrons. The molecule has 3 rings (SSSR count). The molecule has 0 unspecified atom stereocenters. The van der Waals surface area contributed by atoms with Crippen molar-refractivity contribution in [1.29, 1.82) is 5.26 Å². The molecule has 0 saturated carbocycles. The molecule has 3 amide bonds. The highest BCUT2D eigenvalue weighted by Gasteiger charge is 2.20. The van der Waals surface area contributed by atoms with E-state index in [9.17, 15) is 9.59 Å². The van der Waals surface area contributed by atoms with Crippen molar-refractivity contribution >= 4 is 17.6 Å². The van der Waals surface area contributed by atoms with Crippen LogP contribution in [-0.2, 0) is 0 Å². The first-order chi connectivity index (χ1) is 12.7. The standard InChI is InChI=1S/C20H16N4O2/c21-14-16-3-1-5-17(13-16)19(25)22-10-2-4-15-6-8-18(9-7-15)24-12-11-23-20(24)26/h1,3,5-9,13H,10-12H2,(H,22,25)(H,23,26). The molecule has 1 saturated heterocycles. The van der Waals surface area contributed by atoms with Crippen LogP contribution in [0.25, 0.3) is 0 Å². The van der Waals surface area contributed by atoms with Crippen molar-refractivity contribution in [2.24, 2.45) is 0 Å². The SMILES string of the molecule is N#Cc1cccc(C(=O)NCC#Cc2ccc(N3CCNC3=O)cc2)c1. The summed E-state index contributed by atoms with van der Waals surface area (Å²) in [6.07, 6.45) is 0. The zero-order valence-electron chi connectivity index (χ0n) is 14.0. The van der Waals surface area contributed by atoms with Gasteiger partial charge in [0, 0.05) is 29.9 Å². The lowest BCUT2D eigenvalue weighted by Crippen LogP contribution is -2.27. The van der Waals surface area contributed by atoms with Gasteiger partial charge in [0.15, 0.2) is 0 Å². The Morgan fingerprint density at radius 1 is 1.19 bits per heavy atom. The summed E-state index contributed by atoms with van der Waals surface area (Å²) in [5.74, 6) is 5.58. The van der Waals surface area contributed by atoms with Crippen molar-refractivity contribution in [3.8, 4) is 17.9 Å². The third-order valence-corrected chi connectivity index (χ3v) is 3.86. The summed E-state index contributed by atoms with van der Waals surface area (Å²) < 4.78 is 0. The van der Waals surface area contributed by atoms with E-state index in [0.29, 0.717) is 24.2 Å². The van der Waals surface area contributed by atoms with E-state index >= 15 is 0 Å². The molecule has 0 atom stereocenters. The highest BCUT2D eigenvalue weighted by molar-refractivity contribution is 5.95. The molecule has 2 aromatic rings. The Kier molecular flexibility index (Phi) is 5.16. The van der Waals surface area contributed by atoms with E-state index in [-0.39, 0.29) is 18.5 Å². The molecular weight excluding hydrogens is 328 g/mol. The van der Waals surface area contributed by atoms with Gasteiger partial charge in [-0.3, -0.25) is 9.69 Å². The van der Waals surface area contributed by atoms with Crippen molar-refractivity contribution in [2.75, 3.05) is 24.5 Å². The Labute approximate surface area is 151 Å². The molecule has 6 nitrogen and oxygen atoms in total. The number of nitrogens with zero attached hydrogens (tertiary/aromatic N) is 2. The van der Waals surface area contributed by atoms with Crippen molar-refractivity contribution in [2.45, 2.75) is 0 Å². The van der Waals surface area contributed by atoms with Crippen LogP contribution in [0.5, 0.6) is 0 Å². The summed E-state index contributed by atoms with van der Waals surface area (Å²) in [7, 11) is 0. The fraction of sp³-hybridized carbons (Fsp3) is 0.150. The zero-order chi connectivity index (χ0) is 18.4. The number of hydrogen-bond acceptors (Lipinski definition) is 3. The van der Waals surface area contributed by atoms with Crippen LogP contribution < -0.4 is 15.5 Å². The number of carbonyl (C=O) groups is 2. The van der Waals surface area contributed by atoms with Gasteiger partial charge in [-0.05, 0) is 42.5 Å². The van der Waals surface area contributed by atoms with Gasteiger partial charge in [-0.25, -0.2) is 4.79 Å². The van der Waals surface area contributed by atoms with Gasteiger partial charge < -0.3 is 10.6 Å². The molecular formula is C20H16N4O2. The number of benzene rings is 2. The maximum Gasteiger partial charge on any atom is 0.321 e. The summed E-state index contributed by atoms with van der Waals surface area (Å²) >= 11 is 0. The van der Waals surface area contributed by atoms with Crippen LogP contribution in [0.4, 0.5) is 10.5 Å². The summed E-state index contributed by atoms with van der Waals surface area (Å²) in [6, 6.07) is 15.8. The topological polar surface area (TPSA) is 85.2 Å². The third kappa shape index (κ3) is 4.00. The van der Waals surface area contributed by atoms with Gasteiger partial charge in [0.1, 0.15) is 0 Å². The maximum atomic E-state index is 12.0. The molecule has 26 heavy (non-hydrogen) atoms. The molecule has 0 bridgehead atoms. The number of nitriles is 1. The predicted molar refractivity (Wildman–Crippen MR) is 97.6 cm³/mol. The molecule has 0 aliphatic carbocycles. The van der Waals surface area contributed by atoms with E-state index in [1.165, 1.54) is 6.07 Å². The number of urea groups is 1. The minimum Gasteiger partial charge on any atom is -0.341 e. The van der Waals surface area contributed by atoms with Gasteiger partial charge in [0.2, 0.25) is 0 Å². The first-order valence-electron chi connectivity index (χ1n) is 8.10. The Hall–Kier alpha value is -3.77. The van der Waals surface area contributed by atoms with Crippen LogP contribution in [0, 0.1) is 23.2 Å². The number of carbonyl (C=O) groups excluding carboxylic acids is 2. The van der Waals surface area contributed by atoms with E-state index in [1.807, 2.05) is 30.3 Å². The molecule has 6 heteroatoms. The van der Waals surface area contributed by atoms with Gasteiger partial charge in [-0.1, -0.05) is 17.9 Å². The number of nitrogens with one attached hydrogen (secondary N) is 2. The first kappa shape index (κ1) is 17.1. The second-order valence-corrected chi connectivity index (χ2v) is 5.61. The molecule has 0 spiro atoms. The number of amides is 3. The molecule has 1 fully saturated rings. The smallest absolute Gasteiger partial charge is 0.321 e. The van der Waals surface area contributed by atoms with Gasteiger partial charge >= 0.3 is 6.03 Å². The molecule has 0 aromatic heterocycles. The highest BCUT2D eigenvalue weighted by Crippen LogP contribution is 2.16.